The fourth-order valence-electron chi connectivity index (χ4n) is 6.02. The van der Waals surface area contributed by atoms with Crippen LogP contribution in [-0.2, 0) is 33.5 Å². The van der Waals surface area contributed by atoms with E-state index in [1.54, 1.807) is 13.8 Å². The average molecular weight is 709 g/mol. The van der Waals surface area contributed by atoms with Gasteiger partial charge in [-0.2, -0.15) is 0 Å². The first-order chi connectivity index (χ1) is 21.9. The maximum Gasteiger partial charge on any atom is 1.00 e. The van der Waals surface area contributed by atoms with Crippen molar-refractivity contribution in [2.45, 2.75) is 197 Å². The van der Waals surface area contributed by atoms with Crippen LogP contribution in [0.15, 0.2) is 0 Å². The SMILES string of the molecule is CCCCC(CCCCCCCCCCCCCCCOS(=O)(=O)[O-])OC1OC(C)C(O)C(O)C1OC1OC(C)C(O)C(O)C1O.[Na+]. The van der Waals surface area contributed by atoms with Crippen LogP contribution in [0.1, 0.15) is 130 Å². The van der Waals surface area contributed by atoms with Crippen molar-refractivity contribution in [2.24, 2.45) is 0 Å². The maximum absolute atomic E-state index is 10.9. The van der Waals surface area contributed by atoms with Crippen LogP contribution < -0.4 is 29.6 Å². The van der Waals surface area contributed by atoms with Crippen LogP contribution in [0.2, 0.25) is 0 Å². The van der Waals surface area contributed by atoms with Crippen LogP contribution >= 0.6 is 0 Å². The molecule has 5 N–H and O–H groups in total. The molecule has 0 aromatic carbocycles. The van der Waals surface area contributed by atoms with E-state index >= 15 is 0 Å². The van der Waals surface area contributed by atoms with E-state index < -0.39 is 71.8 Å². The zero-order valence-electron chi connectivity index (χ0n) is 29.0. The fourth-order valence-corrected chi connectivity index (χ4v) is 6.34. The van der Waals surface area contributed by atoms with Crippen LogP contribution in [0.4, 0.5) is 0 Å². The minimum absolute atomic E-state index is 0. The average Bonchev–Trinajstić information content (AvgIpc) is 3.00. The van der Waals surface area contributed by atoms with E-state index in [0.717, 1.165) is 70.6 Å². The van der Waals surface area contributed by atoms with Gasteiger partial charge in [0.15, 0.2) is 12.6 Å². The van der Waals surface area contributed by atoms with Crippen molar-refractivity contribution >= 4 is 10.4 Å². The smallest absolute Gasteiger partial charge is 0.726 e. The van der Waals surface area contributed by atoms with E-state index in [1.165, 1.54) is 32.1 Å². The first kappa shape index (κ1) is 45.5. The molecule has 11 atom stereocenters. The van der Waals surface area contributed by atoms with Crippen molar-refractivity contribution in [1.29, 1.82) is 0 Å². The zero-order valence-corrected chi connectivity index (χ0v) is 31.8. The van der Waals surface area contributed by atoms with Crippen LogP contribution in [0, 0.1) is 0 Å². The first-order valence-corrected chi connectivity index (χ1v) is 18.8. The third kappa shape index (κ3) is 17.5. The molecule has 13 nitrogen and oxygen atoms in total. The summed E-state index contributed by atoms with van der Waals surface area (Å²) in [6.07, 6.45) is 5.20. The van der Waals surface area contributed by atoms with Gasteiger partial charge in [-0.05, 0) is 33.1 Å². The molecule has 15 heteroatoms. The summed E-state index contributed by atoms with van der Waals surface area (Å²) in [6.45, 7) is 5.26. The molecule has 0 spiro atoms. The predicted molar refractivity (Wildman–Crippen MR) is 168 cm³/mol. The third-order valence-electron chi connectivity index (χ3n) is 8.99. The quantitative estimate of drug-likeness (QED) is 0.0394. The Bertz CT molecular complexity index is 900. The summed E-state index contributed by atoms with van der Waals surface area (Å²) in [5, 5.41) is 52.1. The van der Waals surface area contributed by atoms with Gasteiger partial charge >= 0.3 is 29.6 Å². The second kappa shape index (κ2) is 24.7. The minimum atomic E-state index is -4.57. The molecule has 0 aromatic rings. The Morgan fingerprint density at radius 2 is 1.09 bits per heavy atom. The molecular weight excluding hydrogens is 647 g/mol. The molecule has 0 aliphatic carbocycles. The van der Waals surface area contributed by atoms with E-state index in [1.807, 2.05) is 0 Å². The Labute approximate surface area is 304 Å². The number of aliphatic hydroxyl groups excluding tert-OH is 5. The van der Waals surface area contributed by atoms with Gasteiger partial charge in [0, 0.05) is 0 Å². The van der Waals surface area contributed by atoms with Gasteiger partial charge in [-0.25, -0.2) is 8.42 Å². The van der Waals surface area contributed by atoms with Gasteiger partial charge in [0.25, 0.3) is 0 Å². The summed E-state index contributed by atoms with van der Waals surface area (Å²) in [4.78, 5) is 0. The Hall–Kier alpha value is 0.510. The van der Waals surface area contributed by atoms with E-state index in [-0.39, 0.29) is 42.3 Å². The second-order valence-electron chi connectivity index (χ2n) is 13.0. The number of aliphatic hydroxyl groups is 5. The molecule has 0 bridgehead atoms. The van der Waals surface area contributed by atoms with E-state index in [0.29, 0.717) is 6.42 Å². The standard InChI is InChI=1S/C32H62O13S.Na/c1-4-5-19-24(20-17-15-13-11-9-7-6-8-10-12-14-16-18-21-41-46(38,39)40)44-32-30(28(36)26(34)23(3)43-32)45-31-29(37)27(35)25(33)22(2)42-31;/h22-37H,4-21H2,1-3H3,(H,38,39,40);/q;+1/p-1. The van der Waals surface area contributed by atoms with Gasteiger partial charge < -0.3 is 49.0 Å². The van der Waals surface area contributed by atoms with Crippen molar-refractivity contribution in [1.82, 2.24) is 0 Å². The molecule has 2 fully saturated rings. The number of hydrogen-bond acceptors (Lipinski definition) is 13. The van der Waals surface area contributed by atoms with Crippen molar-refractivity contribution < 1.29 is 91.2 Å². The van der Waals surface area contributed by atoms with Gasteiger partial charge in [0.1, 0.15) is 36.6 Å². The molecule has 0 radical (unpaired) electrons. The molecule has 2 aliphatic rings. The molecule has 0 saturated carbocycles. The second-order valence-corrected chi connectivity index (χ2v) is 14.0. The van der Waals surface area contributed by atoms with Crippen LogP contribution in [0.5, 0.6) is 0 Å². The number of unbranched alkanes of at least 4 members (excludes halogenated alkanes) is 13. The van der Waals surface area contributed by atoms with Crippen molar-refractivity contribution in [3.8, 4) is 0 Å². The molecule has 2 aliphatic heterocycles. The van der Waals surface area contributed by atoms with Crippen molar-refractivity contribution in [2.75, 3.05) is 6.61 Å². The molecule has 11 unspecified atom stereocenters. The topological polar surface area (TPSA) is 204 Å². The Kier molecular flexibility index (Phi) is 23.9. The summed E-state index contributed by atoms with van der Waals surface area (Å²) in [5.74, 6) is 0. The largest absolute Gasteiger partial charge is 1.00 e. The van der Waals surface area contributed by atoms with Crippen LogP contribution in [-0.4, -0.2) is 113 Å². The first-order valence-electron chi connectivity index (χ1n) is 17.5. The van der Waals surface area contributed by atoms with Gasteiger partial charge in [-0.15, -0.1) is 0 Å². The van der Waals surface area contributed by atoms with Crippen molar-refractivity contribution in [3.63, 3.8) is 0 Å². The molecular formula is C32H61NaO13S. The van der Waals surface area contributed by atoms with E-state index in [9.17, 15) is 38.5 Å². The molecule has 2 heterocycles. The van der Waals surface area contributed by atoms with Gasteiger partial charge in [-0.3, -0.25) is 4.18 Å². The molecule has 2 saturated heterocycles. The number of rotatable bonds is 24. The van der Waals surface area contributed by atoms with Crippen molar-refractivity contribution in [3.05, 3.63) is 0 Å². The summed E-state index contributed by atoms with van der Waals surface area (Å²) >= 11 is 0. The van der Waals surface area contributed by atoms with Crippen LogP contribution in [0.3, 0.4) is 0 Å². The van der Waals surface area contributed by atoms with Gasteiger partial charge in [-0.1, -0.05) is 96.8 Å². The minimum Gasteiger partial charge on any atom is -0.726 e. The van der Waals surface area contributed by atoms with Gasteiger partial charge in [0.2, 0.25) is 10.4 Å². The summed E-state index contributed by atoms with van der Waals surface area (Å²) in [5.41, 5.74) is 0. The predicted octanol–water partition coefficient (Wildman–Crippen LogP) is 0.183. The normalized spacial score (nSPS) is 32.2. The number of hydrogen-bond donors (Lipinski definition) is 5. The van der Waals surface area contributed by atoms with E-state index in [4.69, 9.17) is 18.9 Å². The number of ether oxygens (including phenoxy) is 4. The fraction of sp³-hybridized carbons (Fsp3) is 1.00. The van der Waals surface area contributed by atoms with Gasteiger partial charge in [0.05, 0.1) is 24.9 Å². The third-order valence-corrected chi connectivity index (χ3v) is 9.44. The summed E-state index contributed by atoms with van der Waals surface area (Å²) < 4.78 is 59.1. The maximum atomic E-state index is 10.9. The summed E-state index contributed by atoms with van der Waals surface area (Å²) in [6, 6.07) is 0. The zero-order chi connectivity index (χ0) is 34.1. The monoisotopic (exact) mass is 708 g/mol. The Balaban J connectivity index is 0.0000110. The molecule has 274 valence electrons. The molecule has 0 amide bonds. The summed E-state index contributed by atoms with van der Waals surface area (Å²) in [7, 11) is -4.57. The van der Waals surface area contributed by atoms with Crippen LogP contribution in [0.25, 0.3) is 0 Å². The van der Waals surface area contributed by atoms with E-state index in [2.05, 4.69) is 11.1 Å². The molecule has 47 heavy (non-hydrogen) atoms. The molecule has 2 rings (SSSR count). The Morgan fingerprint density at radius 1 is 0.638 bits per heavy atom. The molecule has 0 aromatic heterocycles. The Morgan fingerprint density at radius 3 is 1.60 bits per heavy atom.